The van der Waals surface area contributed by atoms with Gasteiger partial charge in [-0.2, -0.15) is 0 Å². The molecule has 0 atom stereocenters. The molecule has 0 saturated carbocycles. The van der Waals surface area contributed by atoms with E-state index in [1.165, 1.54) is 7.05 Å². The van der Waals surface area contributed by atoms with Gasteiger partial charge >= 0.3 is 0 Å². The maximum Gasteiger partial charge on any atom is 0.240 e. The van der Waals surface area contributed by atoms with Crippen molar-refractivity contribution in [3.8, 4) is 0 Å². The van der Waals surface area contributed by atoms with Gasteiger partial charge in [0.2, 0.25) is 10.0 Å². The molecule has 2 N–H and O–H groups in total. The summed E-state index contributed by atoms with van der Waals surface area (Å²) in [5.74, 6) is 0.573. The normalized spacial score (nSPS) is 12.7. The van der Waals surface area contributed by atoms with Crippen LogP contribution in [-0.2, 0) is 10.0 Å². The monoisotopic (exact) mass is 284 g/mol. The predicted molar refractivity (Wildman–Crippen MR) is 79.8 cm³/mol. The van der Waals surface area contributed by atoms with Crippen LogP contribution in [0, 0.1) is 11.3 Å². The SMILES string of the molecule is CNS(=O)(=O)c1ccc(NCC(C)(C)C(C)C)cc1. The zero-order chi connectivity index (χ0) is 14.7. The Kier molecular flexibility index (Phi) is 4.98. The van der Waals surface area contributed by atoms with Crippen molar-refractivity contribution in [1.29, 1.82) is 0 Å². The predicted octanol–water partition coefficient (Wildman–Crippen LogP) is 2.69. The Balaban J connectivity index is 2.74. The number of hydrogen-bond acceptors (Lipinski definition) is 3. The van der Waals surface area contributed by atoms with Crippen LogP contribution in [0.3, 0.4) is 0 Å². The van der Waals surface area contributed by atoms with Crippen molar-refractivity contribution in [2.24, 2.45) is 11.3 Å². The van der Waals surface area contributed by atoms with Crippen LogP contribution in [0.2, 0.25) is 0 Å². The average molecular weight is 284 g/mol. The molecule has 1 aromatic carbocycles. The van der Waals surface area contributed by atoms with Gasteiger partial charge in [0.15, 0.2) is 0 Å². The molecule has 108 valence electrons. The molecule has 4 nitrogen and oxygen atoms in total. The Hall–Kier alpha value is -1.07. The van der Waals surface area contributed by atoms with Crippen LogP contribution in [-0.4, -0.2) is 22.0 Å². The van der Waals surface area contributed by atoms with Gasteiger partial charge in [-0.25, -0.2) is 13.1 Å². The maximum atomic E-state index is 11.6. The first-order valence-electron chi connectivity index (χ1n) is 6.46. The van der Waals surface area contributed by atoms with E-state index in [4.69, 9.17) is 0 Å². The summed E-state index contributed by atoms with van der Waals surface area (Å²) < 4.78 is 25.5. The summed E-state index contributed by atoms with van der Waals surface area (Å²) in [5, 5.41) is 3.35. The van der Waals surface area contributed by atoms with Crippen molar-refractivity contribution < 1.29 is 8.42 Å². The lowest BCUT2D eigenvalue weighted by atomic mass is 9.81. The van der Waals surface area contributed by atoms with Crippen LogP contribution in [0.25, 0.3) is 0 Å². The highest BCUT2D eigenvalue weighted by atomic mass is 32.2. The summed E-state index contributed by atoms with van der Waals surface area (Å²) in [5.41, 5.74) is 1.12. The minimum atomic E-state index is -3.35. The highest BCUT2D eigenvalue weighted by Gasteiger charge is 2.21. The van der Waals surface area contributed by atoms with E-state index in [-0.39, 0.29) is 10.3 Å². The average Bonchev–Trinajstić information content (AvgIpc) is 2.37. The first-order valence-corrected chi connectivity index (χ1v) is 7.95. The zero-order valence-corrected chi connectivity index (χ0v) is 13.1. The van der Waals surface area contributed by atoms with E-state index in [2.05, 4.69) is 37.7 Å². The van der Waals surface area contributed by atoms with Gasteiger partial charge in [0.25, 0.3) is 0 Å². The summed E-state index contributed by atoms with van der Waals surface area (Å²) >= 11 is 0. The number of benzene rings is 1. The van der Waals surface area contributed by atoms with Crippen LogP contribution in [0.1, 0.15) is 27.7 Å². The molecule has 0 aliphatic carbocycles. The smallest absolute Gasteiger partial charge is 0.240 e. The maximum absolute atomic E-state index is 11.6. The molecule has 0 saturated heterocycles. The lowest BCUT2D eigenvalue weighted by molar-refractivity contribution is 0.269. The fourth-order valence-electron chi connectivity index (χ4n) is 1.40. The van der Waals surface area contributed by atoms with Gasteiger partial charge in [0.1, 0.15) is 0 Å². The highest BCUT2D eigenvalue weighted by Crippen LogP contribution is 2.26. The van der Waals surface area contributed by atoms with Crippen molar-refractivity contribution in [2.75, 3.05) is 18.9 Å². The molecule has 0 fully saturated rings. The Morgan fingerprint density at radius 3 is 2.11 bits per heavy atom. The molecule has 5 heteroatoms. The summed E-state index contributed by atoms with van der Waals surface area (Å²) in [6, 6.07) is 6.80. The fourth-order valence-corrected chi connectivity index (χ4v) is 2.13. The van der Waals surface area contributed by atoms with E-state index in [1.54, 1.807) is 24.3 Å². The molecule has 19 heavy (non-hydrogen) atoms. The first kappa shape index (κ1) is 16.0. The molecular weight excluding hydrogens is 260 g/mol. The largest absolute Gasteiger partial charge is 0.384 e. The van der Waals surface area contributed by atoms with Gasteiger partial charge in [-0.15, -0.1) is 0 Å². The Bertz CT molecular complexity index is 505. The number of hydrogen-bond donors (Lipinski definition) is 2. The van der Waals surface area contributed by atoms with E-state index in [1.807, 2.05) is 0 Å². The quantitative estimate of drug-likeness (QED) is 0.844. The van der Waals surface area contributed by atoms with Gasteiger partial charge in [-0.1, -0.05) is 27.7 Å². The van der Waals surface area contributed by atoms with Crippen molar-refractivity contribution in [2.45, 2.75) is 32.6 Å². The summed E-state index contributed by atoms with van der Waals surface area (Å²) in [7, 11) is -1.94. The highest BCUT2D eigenvalue weighted by molar-refractivity contribution is 7.89. The van der Waals surface area contributed by atoms with Gasteiger partial charge in [-0.3, -0.25) is 0 Å². The molecule has 0 radical (unpaired) electrons. The second-order valence-corrected chi connectivity index (χ2v) is 7.62. The Labute approximate surface area is 116 Å². The van der Waals surface area contributed by atoms with Crippen LogP contribution < -0.4 is 10.0 Å². The summed E-state index contributed by atoms with van der Waals surface area (Å²) in [6.45, 7) is 9.67. The van der Waals surface area contributed by atoms with Crippen molar-refractivity contribution in [3.05, 3.63) is 24.3 Å². The number of sulfonamides is 1. The second-order valence-electron chi connectivity index (χ2n) is 5.73. The fraction of sp³-hybridized carbons (Fsp3) is 0.571. The van der Waals surface area contributed by atoms with Gasteiger partial charge < -0.3 is 5.32 Å². The Morgan fingerprint density at radius 1 is 1.16 bits per heavy atom. The standard InChI is InChI=1S/C14H24N2O2S/c1-11(2)14(3,4)10-16-12-6-8-13(9-7-12)19(17,18)15-5/h6-9,11,15-16H,10H2,1-5H3. The van der Waals surface area contributed by atoms with E-state index in [9.17, 15) is 8.42 Å². The molecule has 1 rings (SSSR count). The second kappa shape index (κ2) is 5.92. The van der Waals surface area contributed by atoms with E-state index < -0.39 is 10.0 Å². The van der Waals surface area contributed by atoms with E-state index >= 15 is 0 Å². The summed E-state index contributed by atoms with van der Waals surface area (Å²) in [6.07, 6.45) is 0. The molecule has 0 aromatic heterocycles. The van der Waals surface area contributed by atoms with Crippen LogP contribution in [0.15, 0.2) is 29.2 Å². The third-order valence-corrected chi connectivity index (χ3v) is 5.17. The Morgan fingerprint density at radius 2 is 1.68 bits per heavy atom. The van der Waals surface area contributed by atoms with Crippen molar-refractivity contribution in [3.63, 3.8) is 0 Å². The molecule has 0 aliphatic rings. The molecule has 1 aromatic rings. The van der Waals surface area contributed by atoms with Crippen LogP contribution in [0.5, 0.6) is 0 Å². The van der Waals surface area contributed by atoms with Crippen molar-refractivity contribution in [1.82, 2.24) is 4.72 Å². The third-order valence-electron chi connectivity index (χ3n) is 3.74. The minimum Gasteiger partial charge on any atom is -0.384 e. The van der Waals surface area contributed by atoms with Gasteiger partial charge in [0.05, 0.1) is 4.90 Å². The number of anilines is 1. The van der Waals surface area contributed by atoms with Crippen molar-refractivity contribution >= 4 is 15.7 Å². The lowest BCUT2D eigenvalue weighted by Gasteiger charge is -2.29. The van der Waals surface area contributed by atoms with E-state index in [0.29, 0.717) is 5.92 Å². The topological polar surface area (TPSA) is 58.2 Å². The lowest BCUT2D eigenvalue weighted by Crippen LogP contribution is -2.28. The van der Waals surface area contributed by atoms with E-state index in [0.717, 1.165) is 12.2 Å². The molecule has 0 spiro atoms. The molecular formula is C14H24N2O2S. The van der Waals surface area contributed by atoms with Crippen LogP contribution in [0.4, 0.5) is 5.69 Å². The zero-order valence-electron chi connectivity index (χ0n) is 12.3. The number of nitrogens with one attached hydrogen (secondary N) is 2. The molecule has 0 bridgehead atoms. The third kappa shape index (κ3) is 4.21. The molecule has 0 unspecified atom stereocenters. The molecule has 0 heterocycles. The first-order chi connectivity index (χ1) is 8.69. The molecule has 0 amide bonds. The number of rotatable bonds is 6. The van der Waals surface area contributed by atoms with Crippen LogP contribution >= 0.6 is 0 Å². The minimum absolute atomic E-state index is 0.190. The summed E-state index contributed by atoms with van der Waals surface area (Å²) in [4.78, 5) is 0.281. The van der Waals surface area contributed by atoms with Gasteiger partial charge in [-0.05, 0) is 42.6 Å². The molecule has 0 aliphatic heterocycles. The van der Waals surface area contributed by atoms with Gasteiger partial charge in [0, 0.05) is 12.2 Å².